The normalized spacial score (nSPS) is 14.9. The molecule has 0 fully saturated rings. The van der Waals surface area contributed by atoms with Crippen molar-refractivity contribution in [3.63, 3.8) is 0 Å². The second kappa shape index (κ2) is 5.15. The summed E-state index contributed by atoms with van der Waals surface area (Å²) in [6.45, 7) is 1.08. The molecule has 0 saturated carbocycles. The Morgan fingerprint density at radius 2 is 1.95 bits per heavy atom. The lowest BCUT2D eigenvalue weighted by Crippen LogP contribution is -2.24. The molecular weight excluding hydrogens is 284 g/mol. The molecule has 1 aliphatic rings. The zero-order valence-corrected chi connectivity index (χ0v) is 13.0. The molecule has 4 nitrogen and oxygen atoms in total. The fourth-order valence-electron chi connectivity index (χ4n) is 2.74. The van der Waals surface area contributed by atoms with Gasteiger partial charge in [0.25, 0.3) is 0 Å². The topological polar surface area (TPSA) is 50.3 Å². The van der Waals surface area contributed by atoms with Gasteiger partial charge in [-0.3, -0.25) is 4.98 Å². The summed E-state index contributed by atoms with van der Waals surface area (Å²) >= 11 is 0. The summed E-state index contributed by atoms with van der Waals surface area (Å²) in [6.07, 6.45) is 6.52. The van der Waals surface area contributed by atoms with E-state index < -0.39 is 9.84 Å². The van der Waals surface area contributed by atoms with Crippen LogP contribution in [0.2, 0.25) is 0 Å². The average molecular weight is 302 g/mol. The standard InChI is InChI=1S/C16H18N2O2S/c1-18-7-3-4-13-8-12(5-6-16(13)18)14-9-15(11-17-10-14)21(2,19)20/h5-6,8-11H,3-4,7H2,1-2H3. The maximum atomic E-state index is 11.6. The van der Waals surface area contributed by atoms with Crippen LogP contribution < -0.4 is 4.90 Å². The van der Waals surface area contributed by atoms with Gasteiger partial charge in [0, 0.05) is 43.5 Å². The van der Waals surface area contributed by atoms with Crippen LogP contribution in [0.25, 0.3) is 11.1 Å². The number of nitrogens with zero attached hydrogens (tertiary/aromatic N) is 2. The summed E-state index contributed by atoms with van der Waals surface area (Å²) in [5.74, 6) is 0. The minimum Gasteiger partial charge on any atom is -0.374 e. The molecule has 0 saturated heterocycles. The van der Waals surface area contributed by atoms with Crippen molar-refractivity contribution < 1.29 is 8.42 Å². The number of hydrogen-bond acceptors (Lipinski definition) is 4. The highest BCUT2D eigenvalue weighted by Crippen LogP contribution is 2.31. The van der Waals surface area contributed by atoms with E-state index in [1.54, 1.807) is 12.3 Å². The van der Waals surface area contributed by atoms with Gasteiger partial charge in [-0.2, -0.15) is 0 Å². The SMILES string of the molecule is CN1CCCc2cc(-c3cncc(S(C)(=O)=O)c3)ccc21. The minimum atomic E-state index is -3.23. The molecule has 0 amide bonds. The molecule has 21 heavy (non-hydrogen) atoms. The van der Waals surface area contributed by atoms with Gasteiger partial charge in [-0.05, 0) is 42.2 Å². The Morgan fingerprint density at radius 3 is 2.71 bits per heavy atom. The molecule has 0 spiro atoms. The van der Waals surface area contributed by atoms with Gasteiger partial charge in [0.1, 0.15) is 0 Å². The average Bonchev–Trinajstić information content (AvgIpc) is 2.46. The zero-order valence-electron chi connectivity index (χ0n) is 12.2. The molecule has 1 aromatic heterocycles. The first-order chi connectivity index (χ1) is 9.95. The predicted octanol–water partition coefficient (Wildman–Crippen LogP) is 2.53. The van der Waals surface area contributed by atoms with Gasteiger partial charge in [0.15, 0.2) is 9.84 Å². The molecule has 2 heterocycles. The maximum Gasteiger partial charge on any atom is 0.177 e. The van der Waals surface area contributed by atoms with E-state index in [9.17, 15) is 8.42 Å². The van der Waals surface area contributed by atoms with E-state index in [0.29, 0.717) is 0 Å². The van der Waals surface area contributed by atoms with Crippen LogP contribution in [0.5, 0.6) is 0 Å². The first-order valence-electron chi connectivity index (χ1n) is 6.95. The van der Waals surface area contributed by atoms with E-state index in [-0.39, 0.29) is 4.90 Å². The highest BCUT2D eigenvalue weighted by atomic mass is 32.2. The van der Waals surface area contributed by atoms with Crippen molar-refractivity contribution in [1.82, 2.24) is 4.98 Å². The van der Waals surface area contributed by atoms with E-state index in [1.165, 1.54) is 23.7 Å². The number of benzene rings is 1. The predicted molar refractivity (Wildman–Crippen MR) is 84.4 cm³/mol. The minimum absolute atomic E-state index is 0.259. The first-order valence-corrected chi connectivity index (χ1v) is 8.84. The Kier molecular flexibility index (Phi) is 3.45. The van der Waals surface area contributed by atoms with Crippen molar-refractivity contribution >= 4 is 15.5 Å². The molecule has 0 N–H and O–H groups in total. The van der Waals surface area contributed by atoms with Gasteiger partial charge in [0.05, 0.1) is 4.90 Å². The second-order valence-electron chi connectivity index (χ2n) is 5.55. The highest BCUT2D eigenvalue weighted by molar-refractivity contribution is 7.90. The third-order valence-electron chi connectivity index (χ3n) is 3.91. The summed E-state index contributed by atoms with van der Waals surface area (Å²) in [7, 11) is -1.13. The molecule has 0 bridgehead atoms. The Bertz CT molecular complexity index is 785. The van der Waals surface area contributed by atoms with Crippen LogP contribution >= 0.6 is 0 Å². The van der Waals surface area contributed by atoms with E-state index >= 15 is 0 Å². The molecular formula is C16H18N2O2S. The van der Waals surface area contributed by atoms with Crippen molar-refractivity contribution in [3.8, 4) is 11.1 Å². The number of fused-ring (bicyclic) bond motifs is 1. The smallest absolute Gasteiger partial charge is 0.177 e. The zero-order chi connectivity index (χ0) is 15.0. The molecule has 0 unspecified atom stereocenters. The van der Waals surface area contributed by atoms with E-state index in [1.807, 2.05) is 6.07 Å². The van der Waals surface area contributed by atoms with Gasteiger partial charge in [-0.25, -0.2) is 8.42 Å². The van der Waals surface area contributed by atoms with Crippen molar-refractivity contribution in [3.05, 3.63) is 42.2 Å². The Labute approximate surface area is 125 Å². The van der Waals surface area contributed by atoms with Crippen LogP contribution in [-0.4, -0.2) is 33.2 Å². The van der Waals surface area contributed by atoms with Crippen molar-refractivity contribution in [2.75, 3.05) is 24.7 Å². The van der Waals surface area contributed by atoms with Crippen LogP contribution in [0.3, 0.4) is 0 Å². The van der Waals surface area contributed by atoms with Gasteiger partial charge in [0.2, 0.25) is 0 Å². The van der Waals surface area contributed by atoms with Crippen LogP contribution in [0.4, 0.5) is 5.69 Å². The molecule has 3 rings (SSSR count). The third-order valence-corrected chi connectivity index (χ3v) is 4.98. The van der Waals surface area contributed by atoms with Crippen molar-refractivity contribution in [1.29, 1.82) is 0 Å². The summed E-state index contributed by atoms with van der Waals surface area (Å²) < 4.78 is 23.3. The summed E-state index contributed by atoms with van der Waals surface area (Å²) in [6, 6.07) is 7.98. The number of pyridine rings is 1. The molecule has 1 aliphatic heterocycles. The number of aromatic nitrogens is 1. The van der Waals surface area contributed by atoms with E-state index in [0.717, 1.165) is 30.5 Å². The monoisotopic (exact) mass is 302 g/mol. The fraction of sp³-hybridized carbons (Fsp3) is 0.312. The summed E-state index contributed by atoms with van der Waals surface area (Å²) in [5.41, 5.74) is 4.43. The van der Waals surface area contributed by atoms with Crippen molar-refractivity contribution in [2.24, 2.45) is 0 Å². The molecule has 2 aromatic rings. The molecule has 0 radical (unpaired) electrons. The number of rotatable bonds is 2. The summed E-state index contributed by atoms with van der Waals surface area (Å²) in [5, 5.41) is 0. The lowest BCUT2D eigenvalue weighted by molar-refractivity contribution is 0.601. The van der Waals surface area contributed by atoms with Gasteiger partial charge >= 0.3 is 0 Å². The summed E-state index contributed by atoms with van der Waals surface area (Å²) in [4.78, 5) is 6.58. The fourth-order valence-corrected chi connectivity index (χ4v) is 3.34. The van der Waals surface area contributed by atoms with Gasteiger partial charge < -0.3 is 4.90 Å². The van der Waals surface area contributed by atoms with Crippen molar-refractivity contribution in [2.45, 2.75) is 17.7 Å². The lowest BCUT2D eigenvalue weighted by Gasteiger charge is -2.27. The van der Waals surface area contributed by atoms with Crippen LogP contribution in [-0.2, 0) is 16.3 Å². The molecule has 0 atom stereocenters. The quantitative estimate of drug-likeness (QED) is 0.855. The largest absolute Gasteiger partial charge is 0.374 e. The Balaban J connectivity index is 2.06. The first kappa shape index (κ1) is 14.1. The van der Waals surface area contributed by atoms with Gasteiger partial charge in [-0.15, -0.1) is 0 Å². The van der Waals surface area contributed by atoms with Crippen LogP contribution in [0, 0.1) is 0 Å². The molecule has 5 heteroatoms. The maximum absolute atomic E-state index is 11.6. The van der Waals surface area contributed by atoms with Crippen LogP contribution in [0.1, 0.15) is 12.0 Å². The number of anilines is 1. The number of hydrogen-bond donors (Lipinski definition) is 0. The van der Waals surface area contributed by atoms with E-state index in [2.05, 4.69) is 29.1 Å². The number of aryl methyl sites for hydroxylation is 1. The molecule has 0 aliphatic carbocycles. The lowest BCUT2D eigenvalue weighted by atomic mass is 9.97. The number of sulfone groups is 1. The molecule has 110 valence electrons. The molecule has 1 aromatic carbocycles. The second-order valence-corrected chi connectivity index (χ2v) is 7.57. The Morgan fingerprint density at radius 1 is 1.14 bits per heavy atom. The Hall–Kier alpha value is -1.88. The highest BCUT2D eigenvalue weighted by Gasteiger charge is 2.15. The van der Waals surface area contributed by atoms with Gasteiger partial charge in [-0.1, -0.05) is 6.07 Å². The van der Waals surface area contributed by atoms with E-state index in [4.69, 9.17) is 0 Å². The van der Waals surface area contributed by atoms with Crippen LogP contribution in [0.15, 0.2) is 41.6 Å². The third kappa shape index (κ3) is 2.78.